The Morgan fingerprint density at radius 2 is 1.51 bits per heavy atom. The van der Waals surface area contributed by atoms with Crippen molar-refractivity contribution in [3.8, 4) is 0 Å². The number of aromatic amines is 1. The lowest BCUT2D eigenvalue weighted by Crippen LogP contribution is -2.60. The van der Waals surface area contributed by atoms with Crippen molar-refractivity contribution >= 4 is 34.6 Å². The zero-order valence-electron chi connectivity index (χ0n) is 21.3. The van der Waals surface area contributed by atoms with E-state index in [2.05, 4.69) is 20.9 Å². The number of amides is 3. The number of para-hydroxylation sites is 1. The van der Waals surface area contributed by atoms with Crippen molar-refractivity contribution in [1.29, 1.82) is 0 Å². The molecule has 3 aromatic rings. The Labute approximate surface area is 224 Å². The molecule has 0 fully saturated rings. The molecule has 3 amide bonds. The molecule has 9 N–H and O–H groups in total. The molecule has 0 spiro atoms. The predicted octanol–water partition coefficient (Wildman–Crippen LogP) is -0.807. The minimum atomic E-state index is -1.55. The highest BCUT2D eigenvalue weighted by Crippen LogP contribution is 2.18. The highest BCUT2D eigenvalue weighted by molar-refractivity contribution is 5.94. The van der Waals surface area contributed by atoms with Crippen molar-refractivity contribution in [2.75, 3.05) is 6.61 Å². The Balaban J connectivity index is 1.61. The fourth-order valence-corrected chi connectivity index (χ4v) is 4.07. The number of aromatic nitrogens is 1. The molecule has 0 saturated carbocycles. The first-order valence-corrected chi connectivity index (χ1v) is 12.4. The van der Waals surface area contributed by atoms with Gasteiger partial charge in [-0.25, -0.2) is 4.79 Å². The molecule has 3 rings (SSSR count). The minimum Gasteiger partial charge on any atom is -0.480 e. The second-order valence-electron chi connectivity index (χ2n) is 9.23. The maximum atomic E-state index is 12.8. The molecule has 0 bridgehead atoms. The minimum absolute atomic E-state index is 0.0218. The van der Waals surface area contributed by atoms with Crippen LogP contribution in [0.15, 0.2) is 60.8 Å². The Hall–Kier alpha value is -4.26. The van der Waals surface area contributed by atoms with E-state index in [4.69, 9.17) is 5.73 Å². The number of carbonyl (C=O) groups excluding carboxylic acids is 3. The zero-order valence-corrected chi connectivity index (χ0v) is 21.3. The van der Waals surface area contributed by atoms with E-state index < -0.39 is 60.6 Å². The number of hydrogen-bond donors (Lipinski definition) is 8. The van der Waals surface area contributed by atoms with Crippen LogP contribution in [-0.2, 0) is 32.0 Å². The summed E-state index contributed by atoms with van der Waals surface area (Å²) in [7, 11) is 0. The van der Waals surface area contributed by atoms with Gasteiger partial charge in [-0.05, 0) is 30.5 Å². The molecule has 0 aliphatic carbocycles. The van der Waals surface area contributed by atoms with Crippen LogP contribution in [0.3, 0.4) is 0 Å². The molecule has 1 aromatic heterocycles. The van der Waals surface area contributed by atoms with Crippen LogP contribution in [0.1, 0.15) is 18.1 Å². The van der Waals surface area contributed by atoms with E-state index in [1.54, 1.807) is 36.5 Å². The van der Waals surface area contributed by atoms with Gasteiger partial charge >= 0.3 is 5.97 Å². The third-order valence-electron chi connectivity index (χ3n) is 6.23. The molecule has 12 nitrogen and oxygen atoms in total. The van der Waals surface area contributed by atoms with Gasteiger partial charge in [0.2, 0.25) is 17.7 Å². The molecule has 5 unspecified atom stereocenters. The molecule has 0 radical (unpaired) electrons. The van der Waals surface area contributed by atoms with Crippen LogP contribution in [0.5, 0.6) is 0 Å². The van der Waals surface area contributed by atoms with Gasteiger partial charge in [-0.2, -0.15) is 0 Å². The molecule has 0 saturated heterocycles. The summed E-state index contributed by atoms with van der Waals surface area (Å²) < 4.78 is 0. The molecular formula is C27H33N5O7. The van der Waals surface area contributed by atoms with Gasteiger partial charge in [0.1, 0.15) is 18.1 Å². The number of nitrogens with one attached hydrogen (secondary N) is 4. The number of aliphatic hydroxyl groups is 2. The zero-order chi connectivity index (χ0) is 28.5. The van der Waals surface area contributed by atoms with E-state index in [0.717, 1.165) is 16.5 Å². The molecule has 0 aliphatic rings. The quantitative estimate of drug-likeness (QED) is 0.137. The fourth-order valence-electron chi connectivity index (χ4n) is 4.07. The van der Waals surface area contributed by atoms with E-state index >= 15 is 0 Å². The lowest BCUT2D eigenvalue weighted by Gasteiger charge is -2.26. The van der Waals surface area contributed by atoms with Crippen LogP contribution in [-0.4, -0.2) is 80.9 Å². The number of nitrogens with two attached hydrogens (primary N) is 1. The summed E-state index contributed by atoms with van der Waals surface area (Å²) in [6.07, 6.45) is 0.458. The second-order valence-corrected chi connectivity index (χ2v) is 9.23. The van der Waals surface area contributed by atoms with Crippen LogP contribution in [0.2, 0.25) is 0 Å². The Morgan fingerprint density at radius 1 is 0.872 bits per heavy atom. The first kappa shape index (κ1) is 29.3. The van der Waals surface area contributed by atoms with Gasteiger partial charge in [0, 0.05) is 23.5 Å². The number of carboxylic acid groups (broad SMARTS) is 1. The predicted molar refractivity (Wildman–Crippen MR) is 142 cm³/mol. The third-order valence-corrected chi connectivity index (χ3v) is 6.23. The van der Waals surface area contributed by atoms with Crippen molar-refractivity contribution in [1.82, 2.24) is 20.9 Å². The highest BCUT2D eigenvalue weighted by Gasteiger charge is 2.32. The molecular weight excluding hydrogens is 506 g/mol. The van der Waals surface area contributed by atoms with Gasteiger partial charge < -0.3 is 42.0 Å². The summed E-state index contributed by atoms with van der Waals surface area (Å²) in [5.41, 5.74) is 8.39. The summed E-state index contributed by atoms with van der Waals surface area (Å²) in [5, 5.41) is 37.3. The number of aliphatic carboxylic acids is 1. The number of H-pyrrole nitrogens is 1. The molecule has 39 heavy (non-hydrogen) atoms. The first-order valence-electron chi connectivity index (χ1n) is 12.4. The lowest BCUT2D eigenvalue weighted by molar-refractivity contribution is -0.143. The normalized spacial score (nSPS) is 15.0. The molecule has 5 atom stereocenters. The van der Waals surface area contributed by atoms with Gasteiger partial charge in [0.15, 0.2) is 0 Å². The van der Waals surface area contributed by atoms with E-state index in [9.17, 15) is 34.5 Å². The molecule has 208 valence electrons. The second kappa shape index (κ2) is 13.5. The maximum absolute atomic E-state index is 12.8. The highest BCUT2D eigenvalue weighted by atomic mass is 16.4. The van der Waals surface area contributed by atoms with E-state index in [-0.39, 0.29) is 12.8 Å². The largest absolute Gasteiger partial charge is 0.480 e. The summed E-state index contributed by atoms with van der Waals surface area (Å²) in [6, 6.07) is 10.7. The standard InChI is InChI=1S/C27H33N5O7/c1-15(34)23(26(37)30-21(27(38)39)11-16-7-3-2-4-8-16)32-25(36)22(14-33)31-24(35)19(28)12-17-13-29-20-10-6-5-9-18(17)20/h2-10,13,15,19,21-23,29,33-34H,11-12,14,28H2,1H3,(H,30,37)(H,31,35)(H,32,36)(H,38,39). The summed E-state index contributed by atoms with van der Waals surface area (Å²) in [5.74, 6) is -3.91. The first-order chi connectivity index (χ1) is 18.6. The van der Waals surface area contributed by atoms with Crippen LogP contribution in [0, 0.1) is 0 Å². The van der Waals surface area contributed by atoms with Crippen LogP contribution in [0.4, 0.5) is 0 Å². The van der Waals surface area contributed by atoms with Gasteiger partial charge in [-0.3, -0.25) is 14.4 Å². The van der Waals surface area contributed by atoms with E-state index in [0.29, 0.717) is 5.56 Å². The Kier molecular flexibility index (Phi) is 10.1. The average molecular weight is 540 g/mol. The number of rotatable bonds is 13. The SMILES string of the molecule is CC(O)C(NC(=O)C(CO)NC(=O)C(N)Cc1c[nH]c2ccccc12)C(=O)NC(Cc1ccccc1)C(=O)O. The summed E-state index contributed by atoms with van der Waals surface area (Å²) in [6.45, 7) is 0.429. The number of carboxylic acids is 1. The van der Waals surface area contributed by atoms with Crippen molar-refractivity contribution in [2.45, 2.75) is 50.0 Å². The van der Waals surface area contributed by atoms with Crippen molar-refractivity contribution < 1.29 is 34.5 Å². The van der Waals surface area contributed by atoms with Crippen molar-refractivity contribution in [2.24, 2.45) is 5.73 Å². The summed E-state index contributed by atoms with van der Waals surface area (Å²) in [4.78, 5) is 53.2. The number of carbonyl (C=O) groups is 4. The molecule has 1 heterocycles. The summed E-state index contributed by atoms with van der Waals surface area (Å²) >= 11 is 0. The number of aliphatic hydroxyl groups excluding tert-OH is 2. The third kappa shape index (κ3) is 7.87. The monoisotopic (exact) mass is 539 g/mol. The molecule has 0 aliphatic heterocycles. The number of hydrogen-bond acceptors (Lipinski definition) is 7. The van der Waals surface area contributed by atoms with Crippen molar-refractivity contribution in [3.63, 3.8) is 0 Å². The molecule has 12 heteroatoms. The maximum Gasteiger partial charge on any atom is 0.326 e. The Morgan fingerprint density at radius 3 is 2.15 bits per heavy atom. The van der Waals surface area contributed by atoms with Gasteiger partial charge in [-0.15, -0.1) is 0 Å². The number of fused-ring (bicyclic) bond motifs is 1. The van der Waals surface area contributed by atoms with Gasteiger partial charge in [-0.1, -0.05) is 48.5 Å². The van der Waals surface area contributed by atoms with E-state index in [1.807, 2.05) is 24.3 Å². The van der Waals surface area contributed by atoms with Crippen molar-refractivity contribution in [3.05, 3.63) is 71.9 Å². The molecule has 2 aromatic carbocycles. The topological polar surface area (TPSA) is 207 Å². The fraction of sp³-hybridized carbons (Fsp3) is 0.333. The Bertz CT molecular complexity index is 1290. The van der Waals surface area contributed by atoms with Gasteiger partial charge in [0.25, 0.3) is 0 Å². The van der Waals surface area contributed by atoms with Gasteiger partial charge in [0.05, 0.1) is 18.8 Å². The van der Waals surface area contributed by atoms with Crippen LogP contribution < -0.4 is 21.7 Å². The smallest absolute Gasteiger partial charge is 0.326 e. The number of benzene rings is 2. The average Bonchev–Trinajstić information content (AvgIpc) is 3.32. The van der Waals surface area contributed by atoms with E-state index in [1.165, 1.54) is 6.92 Å². The lowest BCUT2D eigenvalue weighted by atomic mass is 10.0. The van der Waals surface area contributed by atoms with Crippen LogP contribution >= 0.6 is 0 Å². The van der Waals surface area contributed by atoms with Crippen LogP contribution in [0.25, 0.3) is 10.9 Å².